The van der Waals surface area contributed by atoms with E-state index in [4.69, 9.17) is 4.74 Å². The quantitative estimate of drug-likeness (QED) is 0.742. The molecule has 1 aliphatic carbocycles. The van der Waals surface area contributed by atoms with Gasteiger partial charge in [0.15, 0.2) is 0 Å². The van der Waals surface area contributed by atoms with Crippen LogP contribution in [0.2, 0.25) is 0 Å². The molecule has 0 aliphatic heterocycles. The van der Waals surface area contributed by atoms with Gasteiger partial charge in [0.2, 0.25) is 11.8 Å². The van der Waals surface area contributed by atoms with E-state index in [1.807, 2.05) is 41.1 Å². The van der Waals surface area contributed by atoms with Crippen molar-refractivity contribution in [3.05, 3.63) is 24.3 Å². The third-order valence-electron chi connectivity index (χ3n) is 5.22. The molecule has 1 aliphatic rings. The Morgan fingerprint density at radius 3 is 2.62 bits per heavy atom. The van der Waals surface area contributed by atoms with Crippen molar-refractivity contribution in [2.75, 3.05) is 25.1 Å². The average molecular weight is 360 g/mol. The third-order valence-corrected chi connectivity index (χ3v) is 5.22. The standard InChI is InChI=1S/C21H32N2O3/c1-5-12-26-21-11-7-10-20(14-21)23(17(3)25)15-18-8-6-9-19(13-18)22(4)16(2)24/h7,10-11,14,18-19H,5-6,8-9,12-13,15H2,1-4H3. The molecule has 26 heavy (non-hydrogen) atoms. The van der Waals surface area contributed by atoms with Gasteiger partial charge in [0.05, 0.1) is 6.61 Å². The normalized spacial score (nSPS) is 19.7. The summed E-state index contributed by atoms with van der Waals surface area (Å²) in [5.41, 5.74) is 0.883. The number of benzene rings is 1. The van der Waals surface area contributed by atoms with Crippen molar-refractivity contribution in [1.82, 2.24) is 4.90 Å². The topological polar surface area (TPSA) is 49.9 Å². The summed E-state index contributed by atoms with van der Waals surface area (Å²) in [7, 11) is 1.88. The summed E-state index contributed by atoms with van der Waals surface area (Å²) in [6, 6.07) is 8.04. The van der Waals surface area contributed by atoms with Gasteiger partial charge in [0, 0.05) is 45.2 Å². The summed E-state index contributed by atoms with van der Waals surface area (Å²) in [5.74, 6) is 1.35. The van der Waals surface area contributed by atoms with Crippen molar-refractivity contribution in [3.8, 4) is 5.75 Å². The van der Waals surface area contributed by atoms with Crippen LogP contribution in [0, 0.1) is 5.92 Å². The predicted octanol–water partition coefficient (Wildman–Crippen LogP) is 3.87. The summed E-state index contributed by atoms with van der Waals surface area (Å²) >= 11 is 0. The third kappa shape index (κ3) is 5.48. The Morgan fingerprint density at radius 1 is 1.19 bits per heavy atom. The zero-order valence-corrected chi connectivity index (χ0v) is 16.5. The van der Waals surface area contributed by atoms with Crippen LogP contribution in [-0.2, 0) is 9.59 Å². The number of nitrogens with zero attached hydrogens (tertiary/aromatic N) is 2. The molecule has 1 aromatic rings. The lowest BCUT2D eigenvalue weighted by Gasteiger charge is -2.37. The van der Waals surface area contributed by atoms with Crippen molar-refractivity contribution >= 4 is 17.5 Å². The van der Waals surface area contributed by atoms with Crippen LogP contribution in [0.5, 0.6) is 5.75 Å². The number of anilines is 1. The van der Waals surface area contributed by atoms with E-state index < -0.39 is 0 Å². The van der Waals surface area contributed by atoms with Crippen molar-refractivity contribution in [1.29, 1.82) is 0 Å². The molecule has 0 aromatic heterocycles. The molecule has 0 bridgehead atoms. The predicted molar refractivity (Wildman–Crippen MR) is 104 cm³/mol. The van der Waals surface area contributed by atoms with Crippen molar-refractivity contribution in [2.24, 2.45) is 5.92 Å². The molecule has 5 nitrogen and oxygen atoms in total. The molecule has 0 saturated heterocycles. The van der Waals surface area contributed by atoms with Crippen LogP contribution in [0.15, 0.2) is 24.3 Å². The molecule has 2 atom stereocenters. The first kappa shape index (κ1) is 20.3. The van der Waals surface area contributed by atoms with Crippen LogP contribution in [0.1, 0.15) is 52.9 Å². The molecule has 2 amide bonds. The number of amides is 2. The number of rotatable bonds is 7. The Balaban J connectivity index is 2.08. The van der Waals surface area contributed by atoms with Crippen LogP contribution in [0.4, 0.5) is 5.69 Å². The van der Waals surface area contributed by atoms with Crippen LogP contribution in [-0.4, -0.2) is 43.0 Å². The van der Waals surface area contributed by atoms with E-state index in [1.54, 1.807) is 13.8 Å². The molecule has 2 unspecified atom stereocenters. The first-order chi connectivity index (χ1) is 12.4. The van der Waals surface area contributed by atoms with Gasteiger partial charge < -0.3 is 14.5 Å². The van der Waals surface area contributed by atoms with Gasteiger partial charge in [-0.05, 0) is 43.7 Å². The molecule has 1 saturated carbocycles. The second-order valence-corrected chi connectivity index (χ2v) is 7.29. The van der Waals surface area contributed by atoms with Gasteiger partial charge in [-0.2, -0.15) is 0 Å². The highest BCUT2D eigenvalue weighted by molar-refractivity contribution is 5.91. The van der Waals surface area contributed by atoms with Gasteiger partial charge in [-0.1, -0.05) is 19.4 Å². The zero-order chi connectivity index (χ0) is 19.1. The fraction of sp³-hybridized carbons (Fsp3) is 0.619. The number of ether oxygens (including phenoxy) is 1. The first-order valence-corrected chi connectivity index (χ1v) is 9.66. The van der Waals surface area contributed by atoms with Crippen LogP contribution in [0.25, 0.3) is 0 Å². The molecule has 1 aromatic carbocycles. The largest absolute Gasteiger partial charge is 0.494 e. The fourth-order valence-corrected chi connectivity index (χ4v) is 3.67. The summed E-state index contributed by atoms with van der Waals surface area (Å²) in [6.45, 7) is 6.66. The van der Waals surface area contributed by atoms with Crippen molar-refractivity contribution in [3.63, 3.8) is 0 Å². The van der Waals surface area contributed by atoms with Crippen LogP contribution < -0.4 is 9.64 Å². The fourth-order valence-electron chi connectivity index (χ4n) is 3.67. The highest BCUT2D eigenvalue weighted by Crippen LogP contribution is 2.30. The van der Waals surface area contributed by atoms with E-state index in [1.165, 1.54) is 0 Å². The van der Waals surface area contributed by atoms with Gasteiger partial charge in [0.25, 0.3) is 0 Å². The van der Waals surface area contributed by atoms with E-state index in [0.717, 1.165) is 43.5 Å². The maximum atomic E-state index is 12.3. The SMILES string of the molecule is CCCOc1cccc(N(CC2CCCC(N(C)C(C)=O)C2)C(C)=O)c1. The van der Waals surface area contributed by atoms with E-state index >= 15 is 0 Å². The molecule has 0 heterocycles. The number of carbonyl (C=O) groups is 2. The minimum Gasteiger partial charge on any atom is -0.494 e. The molecule has 0 spiro atoms. The second-order valence-electron chi connectivity index (χ2n) is 7.29. The number of carbonyl (C=O) groups excluding carboxylic acids is 2. The lowest BCUT2D eigenvalue weighted by molar-refractivity contribution is -0.130. The molecular weight excluding hydrogens is 328 g/mol. The first-order valence-electron chi connectivity index (χ1n) is 9.66. The summed E-state index contributed by atoms with van der Waals surface area (Å²) in [5, 5.41) is 0. The Hall–Kier alpha value is -2.04. The monoisotopic (exact) mass is 360 g/mol. The Morgan fingerprint density at radius 2 is 1.96 bits per heavy atom. The van der Waals surface area contributed by atoms with Crippen molar-refractivity contribution in [2.45, 2.75) is 58.9 Å². The molecule has 1 fully saturated rings. The minimum atomic E-state index is 0.0414. The minimum absolute atomic E-state index is 0.0414. The summed E-state index contributed by atoms with van der Waals surface area (Å²) in [6.07, 6.45) is 5.14. The summed E-state index contributed by atoms with van der Waals surface area (Å²) in [4.78, 5) is 27.7. The number of hydrogen-bond acceptors (Lipinski definition) is 3. The van der Waals surface area contributed by atoms with E-state index in [2.05, 4.69) is 6.92 Å². The molecule has 0 radical (unpaired) electrons. The highest BCUT2D eigenvalue weighted by atomic mass is 16.5. The highest BCUT2D eigenvalue weighted by Gasteiger charge is 2.28. The van der Waals surface area contributed by atoms with Crippen LogP contribution in [0.3, 0.4) is 0 Å². The van der Waals surface area contributed by atoms with Gasteiger partial charge in [-0.25, -0.2) is 0 Å². The van der Waals surface area contributed by atoms with Gasteiger partial charge in [0.1, 0.15) is 5.75 Å². The maximum absolute atomic E-state index is 12.3. The zero-order valence-electron chi connectivity index (χ0n) is 16.5. The smallest absolute Gasteiger partial charge is 0.223 e. The maximum Gasteiger partial charge on any atom is 0.223 e. The number of hydrogen-bond donors (Lipinski definition) is 0. The van der Waals surface area contributed by atoms with E-state index in [0.29, 0.717) is 19.1 Å². The Bertz CT molecular complexity index is 617. The summed E-state index contributed by atoms with van der Waals surface area (Å²) < 4.78 is 5.71. The molecule has 2 rings (SSSR count). The molecule has 5 heteroatoms. The van der Waals surface area contributed by atoms with Crippen molar-refractivity contribution < 1.29 is 14.3 Å². The Kier molecular flexibility index (Phi) is 7.49. The van der Waals surface area contributed by atoms with E-state index in [9.17, 15) is 9.59 Å². The Labute approximate surface area is 157 Å². The van der Waals surface area contributed by atoms with E-state index in [-0.39, 0.29) is 17.9 Å². The van der Waals surface area contributed by atoms with Gasteiger partial charge >= 0.3 is 0 Å². The average Bonchev–Trinajstić information content (AvgIpc) is 2.64. The van der Waals surface area contributed by atoms with Gasteiger partial charge in [-0.3, -0.25) is 9.59 Å². The second kappa shape index (κ2) is 9.60. The van der Waals surface area contributed by atoms with Gasteiger partial charge in [-0.15, -0.1) is 0 Å². The lowest BCUT2D eigenvalue weighted by atomic mass is 9.84. The van der Waals surface area contributed by atoms with Crippen LogP contribution >= 0.6 is 0 Å². The molecule has 0 N–H and O–H groups in total. The molecular formula is C21H32N2O3. The molecule has 144 valence electrons. The lowest BCUT2D eigenvalue weighted by Crippen LogP contribution is -2.42.